The number of carbonyl (C=O) groups is 1. The summed E-state index contributed by atoms with van der Waals surface area (Å²) in [7, 11) is 0. The number of aromatic amines is 2. The van der Waals surface area contributed by atoms with Gasteiger partial charge in [0.15, 0.2) is 11.1 Å². The molecule has 4 heterocycles. The van der Waals surface area contributed by atoms with Crippen LogP contribution < -0.4 is 21.7 Å². The molecule has 0 aromatic carbocycles. The van der Waals surface area contributed by atoms with Crippen molar-refractivity contribution in [3.05, 3.63) is 56.2 Å². The molecule has 4 aromatic heterocycles. The van der Waals surface area contributed by atoms with Crippen molar-refractivity contribution in [3.8, 4) is 16.5 Å². The molecule has 0 bridgehead atoms. The molecule has 12 heteroatoms. The van der Waals surface area contributed by atoms with Gasteiger partial charge in [-0.3, -0.25) is 14.8 Å². The second-order valence-corrected chi connectivity index (χ2v) is 9.12. The zero-order chi connectivity index (χ0) is 23.7. The molecule has 5 N–H and O–H groups in total. The number of H-pyrrole nitrogens is 2. The number of carbonyl (C=O) groups excluding carboxylic acids is 1. The van der Waals surface area contributed by atoms with Crippen LogP contribution in [0.5, 0.6) is 5.88 Å². The minimum atomic E-state index is -0.515. The van der Waals surface area contributed by atoms with Crippen molar-refractivity contribution in [3.63, 3.8) is 0 Å². The van der Waals surface area contributed by atoms with Crippen molar-refractivity contribution in [2.24, 2.45) is 4.99 Å². The van der Waals surface area contributed by atoms with Crippen molar-refractivity contribution in [2.45, 2.75) is 31.7 Å². The van der Waals surface area contributed by atoms with Gasteiger partial charge in [-0.2, -0.15) is 9.61 Å². The summed E-state index contributed by atoms with van der Waals surface area (Å²) in [6.07, 6.45) is 6.60. The third-order valence-corrected chi connectivity index (χ3v) is 6.44. The molecule has 0 aliphatic heterocycles. The lowest BCUT2D eigenvalue weighted by Gasteiger charge is -2.02. The Morgan fingerprint density at radius 2 is 2.18 bits per heavy atom. The molecule has 1 aliphatic rings. The lowest BCUT2D eigenvalue weighted by molar-refractivity contribution is 0.0956. The number of nitrogens with one attached hydrogen (secondary N) is 3. The molecule has 176 valence electrons. The largest absolute Gasteiger partial charge is 0.493 e. The maximum Gasteiger partial charge on any atom is 0.326 e. The van der Waals surface area contributed by atoms with Crippen LogP contribution in [0.4, 0.5) is 0 Å². The summed E-state index contributed by atoms with van der Waals surface area (Å²) in [5.74, 6) is -0.431. The molecule has 34 heavy (non-hydrogen) atoms. The van der Waals surface area contributed by atoms with E-state index in [9.17, 15) is 14.7 Å². The molecule has 0 saturated heterocycles. The number of aliphatic hydroxyl groups excluding tert-OH is 1. The predicted octanol–water partition coefficient (Wildman–Crippen LogP) is 0.293. The van der Waals surface area contributed by atoms with Gasteiger partial charge in [0.05, 0.1) is 27.7 Å². The SMILES string of the molecule is O=C(NCCCCO)c1ccc(-c2cc(=NC3CC3)n3nc/c(=C\c4[nH]c(=O)[nH]c4O)c3n2)s1. The molecule has 1 fully saturated rings. The normalized spacial score (nSPS) is 14.9. The molecule has 4 aromatic rings. The fourth-order valence-electron chi connectivity index (χ4n) is 3.45. The molecule has 1 amide bonds. The molecule has 0 unspecified atom stereocenters. The van der Waals surface area contributed by atoms with Crippen LogP contribution in [-0.2, 0) is 0 Å². The number of aromatic hydroxyl groups is 1. The minimum Gasteiger partial charge on any atom is -0.493 e. The highest BCUT2D eigenvalue weighted by molar-refractivity contribution is 7.17. The number of amides is 1. The Morgan fingerprint density at radius 3 is 2.91 bits per heavy atom. The predicted molar refractivity (Wildman–Crippen MR) is 125 cm³/mol. The lowest BCUT2D eigenvalue weighted by atomic mass is 10.3. The second kappa shape index (κ2) is 9.23. The summed E-state index contributed by atoms with van der Waals surface area (Å²) < 4.78 is 1.64. The van der Waals surface area contributed by atoms with Crippen LogP contribution in [-0.4, -0.2) is 59.9 Å². The summed E-state index contributed by atoms with van der Waals surface area (Å²) in [6.45, 7) is 0.611. The number of hydrogen-bond donors (Lipinski definition) is 5. The standard InChI is InChI=1S/C22H23N7O4S/c30-8-2-1-7-23-21(32)17-6-5-16(34-17)14-10-18(25-13-3-4-13)29-19(26-14)12(11-24-29)9-15-20(31)28-22(33)27-15/h5-6,9-11,13,30-31H,1-4,7-8H2,(H,23,32)(H2,27,28,33)/b12-9+,25-18?. The number of imidazole rings is 1. The monoisotopic (exact) mass is 481 g/mol. The fraction of sp³-hybridized carbons (Fsp3) is 0.318. The van der Waals surface area contributed by atoms with Gasteiger partial charge in [-0.25, -0.2) is 9.78 Å². The van der Waals surface area contributed by atoms with Crippen LogP contribution in [0.15, 0.2) is 34.2 Å². The Balaban J connectivity index is 1.55. The van der Waals surface area contributed by atoms with Gasteiger partial charge in [-0.15, -0.1) is 11.3 Å². The molecule has 0 atom stereocenters. The van der Waals surface area contributed by atoms with E-state index in [0.29, 0.717) is 46.3 Å². The summed E-state index contributed by atoms with van der Waals surface area (Å²) in [4.78, 5) is 39.7. The van der Waals surface area contributed by atoms with E-state index in [1.165, 1.54) is 11.3 Å². The summed E-state index contributed by atoms with van der Waals surface area (Å²) in [5, 5.41) is 26.7. The fourth-order valence-corrected chi connectivity index (χ4v) is 4.33. The zero-order valence-electron chi connectivity index (χ0n) is 18.1. The number of rotatable bonds is 8. The first kappa shape index (κ1) is 22.0. The number of unbranched alkanes of at least 4 members (excludes halogenated alkanes) is 1. The summed E-state index contributed by atoms with van der Waals surface area (Å²) in [6, 6.07) is 5.72. The van der Waals surface area contributed by atoms with Crippen LogP contribution in [0.1, 0.15) is 41.0 Å². The molecule has 0 radical (unpaired) electrons. The minimum absolute atomic E-state index is 0.106. The average Bonchev–Trinajstić information content (AvgIpc) is 3.19. The third kappa shape index (κ3) is 4.63. The van der Waals surface area contributed by atoms with Crippen LogP contribution in [0.25, 0.3) is 22.3 Å². The van der Waals surface area contributed by atoms with E-state index in [1.54, 1.807) is 22.9 Å². The van der Waals surface area contributed by atoms with Gasteiger partial charge < -0.3 is 20.5 Å². The molecule has 5 rings (SSSR count). The molecular formula is C22H23N7O4S. The van der Waals surface area contributed by atoms with E-state index in [1.807, 2.05) is 12.1 Å². The van der Waals surface area contributed by atoms with E-state index in [4.69, 9.17) is 15.1 Å². The molecular weight excluding hydrogens is 458 g/mol. The van der Waals surface area contributed by atoms with Crippen LogP contribution in [0, 0.1) is 0 Å². The topological polar surface area (TPSA) is 161 Å². The number of fused-ring (bicyclic) bond motifs is 1. The molecule has 1 saturated carbocycles. The first-order valence-electron chi connectivity index (χ1n) is 11.0. The van der Waals surface area contributed by atoms with Gasteiger partial charge >= 0.3 is 5.69 Å². The van der Waals surface area contributed by atoms with E-state index in [-0.39, 0.29) is 30.1 Å². The van der Waals surface area contributed by atoms with Crippen molar-refractivity contribution in [1.29, 1.82) is 0 Å². The Kier molecular flexibility index (Phi) is 5.99. The number of hydrogen-bond acceptors (Lipinski definition) is 8. The average molecular weight is 482 g/mol. The first-order valence-corrected chi connectivity index (χ1v) is 11.8. The maximum absolute atomic E-state index is 12.5. The summed E-state index contributed by atoms with van der Waals surface area (Å²) in [5.41, 5.74) is 1.53. The Morgan fingerprint density at radius 1 is 1.32 bits per heavy atom. The van der Waals surface area contributed by atoms with Gasteiger partial charge in [0, 0.05) is 24.4 Å². The van der Waals surface area contributed by atoms with Gasteiger partial charge in [0.2, 0.25) is 5.88 Å². The smallest absolute Gasteiger partial charge is 0.326 e. The van der Waals surface area contributed by atoms with E-state index >= 15 is 0 Å². The number of thiophene rings is 1. The van der Waals surface area contributed by atoms with E-state index in [2.05, 4.69) is 20.4 Å². The molecule has 1 aliphatic carbocycles. The van der Waals surface area contributed by atoms with Gasteiger partial charge in [-0.05, 0) is 43.9 Å². The molecule has 11 nitrogen and oxygen atoms in total. The van der Waals surface area contributed by atoms with Crippen molar-refractivity contribution < 1.29 is 15.0 Å². The highest BCUT2D eigenvalue weighted by atomic mass is 32.1. The van der Waals surface area contributed by atoms with E-state index < -0.39 is 5.69 Å². The van der Waals surface area contributed by atoms with E-state index in [0.717, 1.165) is 17.7 Å². The number of aliphatic hydroxyl groups is 1. The van der Waals surface area contributed by atoms with Crippen molar-refractivity contribution in [2.75, 3.05) is 13.2 Å². The molecule has 0 spiro atoms. The van der Waals surface area contributed by atoms with Crippen LogP contribution in [0.3, 0.4) is 0 Å². The number of aromatic nitrogens is 5. The van der Waals surface area contributed by atoms with Gasteiger partial charge in [0.25, 0.3) is 5.91 Å². The van der Waals surface area contributed by atoms with Gasteiger partial charge in [0.1, 0.15) is 5.69 Å². The van der Waals surface area contributed by atoms with Crippen LogP contribution >= 0.6 is 11.3 Å². The first-order chi connectivity index (χ1) is 16.5. The second-order valence-electron chi connectivity index (χ2n) is 8.03. The Hall–Kier alpha value is -3.77. The lowest BCUT2D eigenvalue weighted by Crippen LogP contribution is -2.23. The van der Waals surface area contributed by atoms with Crippen molar-refractivity contribution in [1.82, 2.24) is 29.9 Å². The highest BCUT2D eigenvalue weighted by Crippen LogP contribution is 2.27. The highest BCUT2D eigenvalue weighted by Gasteiger charge is 2.21. The van der Waals surface area contributed by atoms with Crippen LogP contribution in [0.2, 0.25) is 0 Å². The Labute approximate surface area is 196 Å². The summed E-state index contributed by atoms with van der Waals surface area (Å²) >= 11 is 1.33. The van der Waals surface area contributed by atoms with Gasteiger partial charge in [-0.1, -0.05) is 0 Å². The third-order valence-electron chi connectivity index (χ3n) is 5.33. The quantitative estimate of drug-likeness (QED) is 0.227. The maximum atomic E-state index is 12.5. The Bertz CT molecular complexity index is 1530. The number of nitrogens with zero attached hydrogens (tertiary/aromatic N) is 4. The van der Waals surface area contributed by atoms with Crippen molar-refractivity contribution >= 4 is 29.0 Å². The zero-order valence-corrected chi connectivity index (χ0v) is 18.9.